The van der Waals surface area contributed by atoms with E-state index in [4.69, 9.17) is 15.6 Å². The van der Waals surface area contributed by atoms with E-state index in [1.807, 2.05) is 66.3 Å². The van der Waals surface area contributed by atoms with E-state index in [1.54, 1.807) is 0 Å². The minimum atomic E-state index is -0.165. The summed E-state index contributed by atoms with van der Waals surface area (Å²) >= 11 is 0. The third kappa shape index (κ3) is 6.42. The number of nitrogens with two attached hydrogens (primary N) is 1. The minimum absolute atomic E-state index is 0.0916. The molecule has 2 aromatic carbocycles. The first-order chi connectivity index (χ1) is 19.4. The van der Waals surface area contributed by atoms with E-state index in [0.717, 1.165) is 65.9 Å². The molecule has 1 fully saturated rings. The van der Waals surface area contributed by atoms with E-state index in [1.165, 1.54) is 6.33 Å². The average Bonchev–Trinajstić information content (AvgIpc) is 3.32. The largest absolute Gasteiger partial charge is 0.457 e. The van der Waals surface area contributed by atoms with Crippen molar-refractivity contribution in [1.82, 2.24) is 30.4 Å². The zero-order valence-corrected chi connectivity index (χ0v) is 23.5. The highest BCUT2D eigenvalue weighted by molar-refractivity contribution is 5.98. The molecule has 2 aromatic heterocycles. The molecule has 0 saturated heterocycles. The summed E-state index contributed by atoms with van der Waals surface area (Å²) in [5, 5.41) is 12.2. The number of ether oxygens (including phenoxy) is 1. The smallest absolute Gasteiger partial charge is 0.237 e. The number of rotatable bonds is 10. The number of anilines is 1. The topological polar surface area (TPSA) is 120 Å². The van der Waals surface area contributed by atoms with Crippen LogP contribution in [0.1, 0.15) is 46.0 Å². The number of nitrogens with zero attached hydrogens (tertiary/aromatic N) is 4. The molecule has 1 aliphatic carbocycles. The number of hydrogen-bond donors (Lipinski definition) is 3. The molecule has 3 atom stereocenters. The predicted molar refractivity (Wildman–Crippen MR) is 158 cm³/mol. The number of carbonyl (C=O) groups excluding carboxylic acids is 1. The quantitative estimate of drug-likeness (QED) is 0.253. The monoisotopic (exact) mass is 541 g/mol. The lowest BCUT2D eigenvalue weighted by atomic mass is 9.85. The lowest BCUT2D eigenvalue weighted by molar-refractivity contribution is -0.124. The molecule has 0 spiro atoms. The number of carbonyl (C=O) groups is 1. The van der Waals surface area contributed by atoms with E-state index >= 15 is 0 Å². The number of aromatic nitrogens is 4. The number of nitrogen functional groups attached to an aromatic ring is 1. The van der Waals surface area contributed by atoms with Gasteiger partial charge in [-0.3, -0.25) is 4.79 Å². The highest BCUT2D eigenvalue weighted by atomic mass is 16.5. The van der Waals surface area contributed by atoms with E-state index < -0.39 is 0 Å². The molecule has 9 heteroatoms. The maximum Gasteiger partial charge on any atom is 0.237 e. The van der Waals surface area contributed by atoms with Gasteiger partial charge in [-0.25, -0.2) is 14.6 Å². The maximum atomic E-state index is 12.9. The van der Waals surface area contributed by atoms with Crippen molar-refractivity contribution >= 4 is 22.8 Å². The van der Waals surface area contributed by atoms with Crippen LogP contribution in [0.4, 0.5) is 5.82 Å². The number of para-hydroxylation sites is 1. The fourth-order valence-electron chi connectivity index (χ4n) is 5.63. The van der Waals surface area contributed by atoms with Crippen LogP contribution in [0.5, 0.6) is 11.5 Å². The first kappa shape index (κ1) is 27.6. The summed E-state index contributed by atoms with van der Waals surface area (Å²) < 4.78 is 7.91. The Morgan fingerprint density at radius 1 is 1.07 bits per heavy atom. The summed E-state index contributed by atoms with van der Waals surface area (Å²) in [5.41, 5.74) is 8.74. The SMILES string of the molecule is CN[C@H](CC(C)C)C(=O)N[C@H]1CCCC(Cn2nc(-c3ccc(Oc4ccccc4)cc3)c3c(N)ncnc32)C1. The van der Waals surface area contributed by atoms with Gasteiger partial charge in [0.1, 0.15) is 29.3 Å². The van der Waals surface area contributed by atoms with E-state index in [9.17, 15) is 4.79 Å². The molecule has 1 unspecified atom stereocenters. The van der Waals surface area contributed by atoms with Gasteiger partial charge in [0.05, 0.1) is 11.4 Å². The van der Waals surface area contributed by atoms with Crippen LogP contribution in [0, 0.1) is 11.8 Å². The van der Waals surface area contributed by atoms with Crippen LogP contribution in [0.3, 0.4) is 0 Å². The van der Waals surface area contributed by atoms with Crippen LogP contribution in [-0.2, 0) is 11.3 Å². The Kier molecular flexibility index (Phi) is 8.60. The van der Waals surface area contributed by atoms with E-state index in [0.29, 0.717) is 24.2 Å². The Hall–Kier alpha value is -3.98. The molecule has 210 valence electrons. The molecule has 4 aromatic rings. The van der Waals surface area contributed by atoms with Gasteiger partial charge in [-0.1, -0.05) is 38.5 Å². The molecular weight excluding hydrogens is 502 g/mol. The molecule has 5 rings (SSSR count). The molecule has 9 nitrogen and oxygen atoms in total. The molecule has 0 bridgehead atoms. The normalized spacial score (nSPS) is 18.1. The van der Waals surface area contributed by atoms with E-state index in [-0.39, 0.29) is 18.0 Å². The first-order valence-electron chi connectivity index (χ1n) is 14.2. The number of fused-ring (bicyclic) bond motifs is 1. The summed E-state index contributed by atoms with van der Waals surface area (Å²) in [5.74, 6) is 2.84. The van der Waals surface area contributed by atoms with Crippen LogP contribution < -0.4 is 21.1 Å². The van der Waals surface area contributed by atoms with Gasteiger partial charge in [0.15, 0.2) is 5.65 Å². The zero-order valence-electron chi connectivity index (χ0n) is 23.5. The fourth-order valence-corrected chi connectivity index (χ4v) is 5.63. The van der Waals surface area contributed by atoms with E-state index in [2.05, 4.69) is 34.4 Å². The second-order valence-corrected chi connectivity index (χ2v) is 11.1. The molecule has 40 heavy (non-hydrogen) atoms. The van der Waals surface area contributed by atoms with Crippen molar-refractivity contribution in [3.63, 3.8) is 0 Å². The lowest BCUT2D eigenvalue weighted by Crippen LogP contribution is -2.48. The molecule has 0 aliphatic heterocycles. The van der Waals surface area contributed by atoms with Crippen molar-refractivity contribution in [2.75, 3.05) is 12.8 Å². The lowest BCUT2D eigenvalue weighted by Gasteiger charge is -2.31. The summed E-state index contributed by atoms with van der Waals surface area (Å²) in [4.78, 5) is 21.7. The molecule has 1 saturated carbocycles. The summed E-state index contributed by atoms with van der Waals surface area (Å²) in [6.07, 6.45) is 6.37. The standard InChI is InChI=1S/C31H39N7O2/c1-20(2)16-26(33-3)31(39)36-23-9-7-8-21(17-23)18-38-30-27(29(32)34-19-35-30)28(37-38)22-12-14-25(15-13-22)40-24-10-5-4-6-11-24/h4-6,10-15,19-21,23,26,33H,7-9,16-18H2,1-3H3,(H,36,39)(H2,32,34,35)/t21?,23-,26+/m0/s1. The Morgan fingerprint density at radius 2 is 1.82 bits per heavy atom. The number of benzene rings is 2. The Labute approximate surface area is 235 Å². The van der Waals surface area contributed by atoms with Crippen LogP contribution in [0.15, 0.2) is 60.9 Å². The highest BCUT2D eigenvalue weighted by Crippen LogP contribution is 2.34. The van der Waals surface area contributed by atoms with Crippen LogP contribution in [0.25, 0.3) is 22.3 Å². The molecule has 0 radical (unpaired) electrons. The van der Waals surface area contributed by atoms with Crippen LogP contribution in [-0.4, -0.2) is 44.8 Å². The average molecular weight is 542 g/mol. The van der Waals surface area contributed by atoms with Crippen LogP contribution in [0.2, 0.25) is 0 Å². The molecule has 4 N–H and O–H groups in total. The fraction of sp³-hybridized carbons (Fsp3) is 0.419. The van der Waals surface area contributed by atoms with Gasteiger partial charge >= 0.3 is 0 Å². The van der Waals surface area contributed by atoms with Gasteiger partial charge in [-0.2, -0.15) is 5.10 Å². The maximum absolute atomic E-state index is 12.9. The van der Waals surface area contributed by atoms with Gasteiger partial charge < -0.3 is 21.1 Å². The third-order valence-electron chi connectivity index (χ3n) is 7.60. The number of amides is 1. The van der Waals surface area contributed by atoms with Crippen molar-refractivity contribution in [3.8, 4) is 22.8 Å². The van der Waals surface area contributed by atoms with Crippen molar-refractivity contribution in [2.45, 2.75) is 64.6 Å². The Morgan fingerprint density at radius 3 is 2.55 bits per heavy atom. The zero-order chi connectivity index (χ0) is 28.1. The van der Waals surface area contributed by atoms with Gasteiger partial charge in [0.2, 0.25) is 5.91 Å². The number of hydrogen-bond acceptors (Lipinski definition) is 7. The van der Waals surface area contributed by atoms with Gasteiger partial charge in [-0.15, -0.1) is 0 Å². The summed E-state index contributed by atoms with van der Waals surface area (Å²) in [7, 11) is 1.86. The third-order valence-corrected chi connectivity index (χ3v) is 7.60. The summed E-state index contributed by atoms with van der Waals surface area (Å²) in [6, 6.07) is 17.5. The van der Waals surface area contributed by atoms with Gasteiger partial charge in [0.25, 0.3) is 0 Å². The van der Waals surface area contributed by atoms with Crippen molar-refractivity contribution in [1.29, 1.82) is 0 Å². The first-order valence-corrected chi connectivity index (χ1v) is 14.2. The van der Waals surface area contributed by atoms with Gasteiger partial charge in [-0.05, 0) is 81.0 Å². The summed E-state index contributed by atoms with van der Waals surface area (Å²) in [6.45, 7) is 4.98. The molecule has 2 heterocycles. The van der Waals surface area contributed by atoms with Crippen molar-refractivity contribution < 1.29 is 9.53 Å². The Balaban J connectivity index is 1.32. The second-order valence-electron chi connectivity index (χ2n) is 11.1. The molecular formula is C31H39N7O2. The number of likely N-dealkylation sites (N-methyl/N-ethyl adjacent to an activating group) is 1. The second kappa shape index (κ2) is 12.5. The predicted octanol–water partition coefficient (Wildman–Crippen LogP) is 5.18. The molecule has 1 aliphatic rings. The van der Waals surface area contributed by atoms with Crippen molar-refractivity contribution in [2.24, 2.45) is 11.8 Å². The number of nitrogens with one attached hydrogen (secondary N) is 2. The highest BCUT2D eigenvalue weighted by Gasteiger charge is 2.28. The minimum Gasteiger partial charge on any atom is -0.457 e. The van der Waals surface area contributed by atoms with Crippen molar-refractivity contribution in [3.05, 3.63) is 60.9 Å². The van der Waals surface area contributed by atoms with Gasteiger partial charge in [0, 0.05) is 18.2 Å². The molecule has 1 amide bonds. The van der Waals surface area contributed by atoms with Crippen LogP contribution >= 0.6 is 0 Å². The Bertz CT molecular complexity index is 1420.